The molecule has 0 aliphatic carbocycles. The van der Waals surface area contributed by atoms with E-state index in [4.69, 9.17) is 21.4 Å². The molecule has 3 heterocycles. The van der Waals surface area contributed by atoms with Crippen molar-refractivity contribution in [2.75, 3.05) is 0 Å². The van der Waals surface area contributed by atoms with E-state index in [2.05, 4.69) is 10.1 Å². The van der Waals surface area contributed by atoms with E-state index in [1.807, 2.05) is 32.0 Å². The van der Waals surface area contributed by atoms with Gasteiger partial charge < -0.3 is 4.42 Å². The number of hydrazone groups is 1. The van der Waals surface area contributed by atoms with Gasteiger partial charge in [-0.3, -0.25) is 10.2 Å². The molecule has 6 nitrogen and oxygen atoms in total. The van der Waals surface area contributed by atoms with Gasteiger partial charge in [0.2, 0.25) is 5.17 Å². The van der Waals surface area contributed by atoms with Crippen LogP contribution in [0.3, 0.4) is 0 Å². The Bertz CT molecular complexity index is 1030. The lowest BCUT2D eigenvalue weighted by Gasteiger charge is -2.19. The van der Waals surface area contributed by atoms with Crippen molar-refractivity contribution >= 4 is 51.4 Å². The van der Waals surface area contributed by atoms with Gasteiger partial charge in [0, 0.05) is 16.5 Å². The molecule has 0 radical (unpaired) electrons. The van der Waals surface area contributed by atoms with Gasteiger partial charge in [-0.25, -0.2) is 0 Å². The predicted octanol–water partition coefficient (Wildman–Crippen LogP) is 4.88. The molecule has 4 rings (SSSR count). The molecule has 1 aromatic carbocycles. The number of carbonyl (C=O) groups is 1. The summed E-state index contributed by atoms with van der Waals surface area (Å²) in [4.78, 5) is 16.5. The normalized spacial score (nSPS) is 18.2. The van der Waals surface area contributed by atoms with Crippen molar-refractivity contribution in [3.63, 3.8) is 0 Å². The molecule has 2 aromatic rings. The lowest BCUT2D eigenvalue weighted by molar-refractivity contribution is -0.114. The summed E-state index contributed by atoms with van der Waals surface area (Å²) in [6, 6.07) is 10.8. The van der Waals surface area contributed by atoms with Crippen molar-refractivity contribution in [3.05, 3.63) is 52.8 Å². The highest BCUT2D eigenvalue weighted by molar-refractivity contribution is 8.27. The van der Waals surface area contributed by atoms with Gasteiger partial charge in [0.15, 0.2) is 5.84 Å². The third-order valence-corrected chi connectivity index (χ3v) is 5.47. The van der Waals surface area contributed by atoms with Gasteiger partial charge in [-0.1, -0.05) is 25.4 Å². The molecule has 0 fully saturated rings. The topological polar surface area (TPSA) is 82.0 Å². The largest absolute Gasteiger partial charge is 0.457 e. The second kappa shape index (κ2) is 6.83. The van der Waals surface area contributed by atoms with Crippen molar-refractivity contribution in [1.82, 2.24) is 5.01 Å². The molecule has 0 saturated carbocycles. The first kappa shape index (κ1) is 17.8. The van der Waals surface area contributed by atoms with Crippen LogP contribution in [0.5, 0.6) is 0 Å². The van der Waals surface area contributed by atoms with Crippen LogP contribution in [-0.4, -0.2) is 27.0 Å². The third-order valence-electron chi connectivity index (χ3n) is 4.01. The summed E-state index contributed by atoms with van der Waals surface area (Å²) in [6.07, 6.45) is 1.53. The molecule has 0 spiro atoms. The average Bonchev–Trinajstić information content (AvgIpc) is 3.26. The zero-order valence-corrected chi connectivity index (χ0v) is 16.1. The maximum Gasteiger partial charge on any atom is 0.283 e. The Balaban J connectivity index is 1.64. The summed E-state index contributed by atoms with van der Waals surface area (Å²) in [5, 5.41) is 16.1. The number of halogens is 1. The zero-order valence-electron chi connectivity index (χ0n) is 14.6. The fourth-order valence-electron chi connectivity index (χ4n) is 2.58. The van der Waals surface area contributed by atoms with Crippen molar-refractivity contribution in [2.45, 2.75) is 13.8 Å². The molecule has 136 valence electrons. The fourth-order valence-corrected chi connectivity index (χ4v) is 3.60. The maximum absolute atomic E-state index is 12.4. The van der Waals surface area contributed by atoms with Gasteiger partial charge in [0.05, 0.1) is 5.57 Å². The lowest BCUT2D eigenvalue weighted by Crippen LogP contribution is -2.35. The summed E-state index contributed by atoms with van der Waals surface area (Å²) >= 11 is 7.23. The van der Waals surface area contributed by atoms with Crippen LogP contribution in [0.4, 0.5) is 0 Å². The van der Waals surface area contributed by atoms with Gasteiger partial charge in [-0.2, -0.15) is 15.1 Å². The van der Waals surface area contributed by atoms with Gasteiger partial charge in [0.25, 0.3) is 5.91 Å². The Kier molecular flexibility index (Phi) is 4.49. The van der Waals surface area contributed by atoms with Crippen LogP contribution in [0.15, 0.2) is 56.5 Å². The number of aliphatic imine (C=N–C) groups is 1. The summed E-state index contributed by atoms with van der Waals surface area (Å²) in [6.45, 7) is 4.02. The smallest absolute Gasteiger partial charge is 0.283 e. The SMILES string of the molecule is CC(C)C1=NN2C(=N)C(=Cc3ccc(-c4ccc(Cl)cc4)o3)C(=O)N=C2S1. The Morgan fingerprint density at radius 1 is 1.22 bits per heavy atom. The molecule has 1 aromatic heterocycles. The molecule has 1 N–H and O–H groups in total. The van der Waals surface area contributed by atoms with Crippen molar-refractivity contribution in [1.29, 1.82) is 5.41 Å². The molecule has 1 amide bonds. The summed E-state index contributed by atoms with van der Waals surface area (Å²) in [7, 11) is 0. The molecule has 0 bridgehead atoms. The van der Waals surface area contributed by atoms with Gasteiger partial charge in [0.1, 0.15) is 16.6 Å². The van der Waals surface area contributed by atoms with Crippen LogP contribution in [0.25, 0.3) is 17.4 Å². The molecule has 0 unspecified atom stereocenters. The predicted molar refractivity (Wildman–Crippen MR) is 109 cm³/mol. The number of rotatable bonds is 3. The van der Waals surface area contributed by atoms with Gasteiger partial charge >= 0.3 is 0 Å². The molecule has 27 heavy (non-hydrogen) atoms. The molecule has 2 aliphatic heterocycles. The Hall–Kier alpha value is -2.64. The zero-order chi connectivity index (χ0) is 19.1. The number of benzene rings is 1. The van der Waals surface area contributed by atoms with E-state index < -0.39 is 5.91 Å². The number of hydrogen-bond acceptors (Lipinski definition) is 5. The second-order valence-electron chi connectivity index (χ2n) is 6.32. The first-order valence-corrected chi connectivity index (χ1v) is 9.47. The van der Waals surface area contributed by atoms with E-state index in [0.29, 0.717) is 21.7 Å². The molecule has 8 heteroatoms. The van der Waals surface area contributed by atoms with Crippen LogP contribution in [-0.2, 0) is 4.79 Å². The van der Waals surface area contributed by atoms with Crippen LogP contribution in [0.2, 0.25) is 5.02 Å². The van der Waals surface area contributed by atoms with E-state index in [1.165, 1.54) is 22.8 Å². The minimum Gasteiger partial charge on any atom is -0.457 e. The highest BCUT2D eigenvalue weighted by Crippen LogP contribution is 2.31. The molecule has 2 aliphatic rings. The van der Waals surface area contributed by atoms with Crippen molar-refractivity contribution in [3.8, 4) is 11.3 Å². The molecular formula is C19H15ClN4O2S. The monoisotopic (exact) mass is 398 g/mol. The molecule has 0 saturated heterocycles. The van der Waals surface area contributed by atoms with E-state index in [-0.39, 0.29) is 17.3 Å². The van der Waals surface area contributed by atoms with Crippen molar-refractivity contribution in [2.24, 2.45) is 16.0 Å². The molecular weight excluding hydrogens is 384 g/mol. The number of amides is 1. The van der Waals surface area contributed by atoms with E-state index in [9.17, 15) is 4.79 Å². The first-order chi connectivity index (χ1) is 12.9. The van der Waals surface area contributed by atoms with Crippen LogP contribution in [0.1, 0.15) is 19.6 Å². The highest BCUT2D eigenvalue weighted by atomic mass is 35.5. The number of hydrogen-bond donors (Lipinski definition) is 1. The van der Waals surface area contributed by atoms with Gasteiger partial charge in [-0.05, 0) is 54.2 Å². The Morgan fingerprint density at radius 2 is 1.96 bits per heavy atom. The van der Waals surface area contributed by atoms with E-state index >= 15 is 0 Å². The van der Waals surface area contributed by atoms with Crippen LogP contribution in [0, 0.1) is 11.3 Å². The number of amidine groups is 2. The quantitative estimate of drug-likeness (QED) is 0.747. The second-order valence-corrected chi connectivity index (χ2v) is 7.75. The number of furan rings is 1. The number of nitrogens with one attached hydrogen (secondary N) is 1. The van der Waals surface area contributed by atoms with Crippen molar-refractivity contribution < 1.29 is 9.21 Å². The lowest BCUT2D eigenvalue weighted by atomic mass is 10.1. The number of fused-ring (bicyclic) bond motifs is 1. The highest BCUT2D eigenvalue weighted by Gasteiger charge is 2.36. The average molecular weight is 399 g/mol. The molecule has 0 atom stereocenters. The number of thioether (sulfide) groups is 1. The number of carbonyl (C=O) groups excluding carboxylic acids is 1. The summed E-state index contributed by atoms with van der Waals surface area (Å²) < 4.78 is 5.80. The summed E-state index contributed by atoms with van der Waals surface area (Å²) in [5.74, 6) is 0.840. The first-order valence-electron chi connectivity index (χ1n) is 8.28. The third kappa shape index (κ3) is 3.36. The Labute approximate surface area is 165 Å². The number of nitrogens with zero attached hydrogens (tertiary/aromatic N) is 3. The van der Waals surface area contributed by atoms with E-state index in [1.54, 1.807) is 18.2 Å². The standard InChI is InChI=1S/C19H15ClN4O2S/c1-10(2)18-23-24-16(21)14(17(25)22-19(24)27-18)9-13-7-8-15(26-13)11-3-5-12(20)6-4-11/h3-10,21H,1-2H3. The van der Waals surface area contributed by atoms with Crippen LogP contribution < -0.4 is 0 Å². The minimum atomic E-state index is -0.469. The van der Waals surface area contributed by atoms with Crippen LogP contribution >= 0.6 is 23.4 Å². The van der Waals surface area contributed by atoms with E-state index in [0.717, 1.165) is 10.6 Å². The Morgan fingerprint density at radius 3 is 2.67 bits per heavy atom. The summed E-state index contributed by atoms with van der Waals surface area (Å²) in [5.41, 5.74) is 1.02. The van der Waals surface area contributed by atoms with Gasteiger partial charge in [-0.15, -0.1) is 0 Å². The minimum absolute atomic E-state index is 0.00223. The fraction of sp³-hybridized carbons (Fsp3) is 0.158. The maximum atomic E-state index is 12.4.